The third kappa shape index (κ3) is 9.33. The van der Waals surface area contributed by atoms with E-state index in [9.17, 15) is 5.11 Å². The van der Waals surface area contributed by atoms with Crippen LogP contribution in [0, 0.1) is 0 Å². The predicted octanol–water partition coefficient (Wildman–Crippen LogP) is 12.6. The van der Waals surface area contributed by atoms with Gasteiger partial charge in [-0.3, -0.25) is 9.97 Å². The van der Waals surface area contributed by atoms with Crippen molar-refractivity contribution >= 4 is 12.9 Å². The minimum Gasteiger partial charge on any atom is -0.427 e. The van der Waals surface area contributed by atoms with Gasteiger partial charge in [0.15, 0.2) is 0 Å². The molecule has 0 bridgehead atoms. The summed E-state index contributed by atoms with van der Waals surface area (Å²) in [6, 6.07) is 50.1. The second-order valence-corrected chi connectivity index (χ2v) is 18.9. The molecule has 7 aromatic rings. The minimum absolute atomic E-state index is 0.0427. The fourth-order valence-electron chi connectivity index (χ4n) is 7.25. The number of nitrogens with zero attached hydrogens (tertiary/aromatic N) is 2. The van der Waals surface area contributed by atoms with Gasteiger partial charge >= 0.3 is 7.48 Å². The molecule has 0 aliphatic heterocycles. The smallest absolute Gasteiger partial charge is 0.309 e. The van der Waals surface area contributed by atoms with Gasteiger partial charge in [0.25, 0.3) is 0 Å². The molecule has 0 aliphatic rings. The summed E-state index contributed by atoms with van der Waals surface area (Å²) in [7, 11) is 0.340. The van der Waals surface area contributed by atoms with Gasteiger partial charge in [-0.2, -0.15) is 0 Å². The summed E-state index contributed by atoms with van der Waals surface area (Å²) in [6.07, 6.45) is 3.82. The van der Waals surface area contributed by atoms with Gasteiger partial charge in [-0.25, -0.2) is 0 Å². The Hall–Kier alpha value is -5.62. The Kier molecular flexibility index (Phi) is 11.4. The number of aromatic nitrogens is 2. The Morgan fingerprint density at radius 2 is 0.780 bits per heavy atom. The monoisotopic (exact) mass is 776 g/mol. The molecule has 4 nitrogen and oxygen atoms in total. The Balaban J connectivity index is 1.29. The van der Waals surface area contributed by atoms with E-state index in [2.05, 4.69) is 181 Å². The van der Waals surface area contributed by atoms with Gasteiger partial charge in [-0.15, -0.1) is 0 Å². The standard InChI is InChI=1S/C54H57BN2O2/c1-51(2,3)42-27-29-56-49(34-42)38-23-19-36(20-24-38)45-15-11-13-17-47(45)40-31-41(33-44(32-40)55-59-54(9,10)53(7,8)58)48-18-14-12-16-46(48)37-21-25-39(26-22-37)50-35-43(28-30-57-50)52(4,5)6/h11-35,55,58H,1-10H3. The van der Waals surface area contributed by atoms with Gasteiger partial charge in [-0.05, 0) is 124 Å². The molecule has 7 rings (SSSR count). The lowest BCUT2D eigenvalue weighted by Crippen LogP contribution is -2.49. The Morgan fingerprint density at radius 1 is 0.424 bits per heavy atom. The van der Waals surface area contributed by atoms with Crippen LogP contribution in [-0.2, 0) is 15.5 Å². The van der Waals surface area contributed by atoms with Gasteiger partial charge < -0.3 is 9.76 Å². The maximum atomic E-state index is 11.0. The normalized spacial score (nSPS) is 12.4. The molecular formula is C54H57BN2O2. The average molecular weight is 777 g/mol. The lowest BCUT2D eigenvalue weighted by atomic mass is 9.79. The van der Waals surface area contributed by atoms with Crippen molar-refractivity contribution in [1.29, 1.82) is 0 Å². The van der Waals surface area contributed by atoms with Crippen molar-refractivity contribution in [3.05, 3.63) is 163 Å². The first kappa shape index (κ1) is 41.5. The minimum atomic E-state index is -1.03. The molecule has 0 saturated carbocycles. The molecule has 0 fully saturated rings. The lowest BCUT2D eigenvalue weighted by Gasteiger charge is -2.37. The Bertz CT molecular complexity index is 2410. The van der Waals surface area contributed by atoms with Gasteiger partial charge in [0.1, 0.15) is 0 Å². The largest absolute Gasteiger partial charge is 0.427 e. The highest BCUT2D eigenvalue weighted by atomic mass is 16.5. The van der Waals surface area contributed by atoms with E-state index >= 15 is 0 Å². The van der Waals surface area contributed by atoms with Crippen LogP contribution in [0.3, 0.4) is 0 Å². The molecule has 5 heteroatoms. The van der Waals surface area contributed by atoms with Crippen LogP contribution < -0.4 is 5.46 Å². The average Bonchev–Trinajstić information content (AvgIpc) is 3.22. The predicted molar refractivity (Wildman–Crippen MR) is 250 cm³/mol. The number of benzene rings is 5. The molecule has 2 heterocycles. The highest BCUT2D eigenvalue weighted by Crippen LogP contribution is 2.38. The van der Waals surface area contributed by atoms with Crippen LogP contribution in [0.25, 0.3) is 67.0 Å². The van der Waals surface area contributed by atoms with Crippen LogP contribution in [0.5, 0.6) is 0 Å². The zero-order chi connectivity index (χ0) is 42.2. The highest BCUT2D eigenvalue weighted by Gasteiger charge is 2.35. The third-order valence-corrected chi connectivity index (χ3v) is 11.8. The number of pyridine rings is 2. The second kappa shape index (κ2) is 16.2. The maximum absolute atomic E-state index is 11.0. The van der Waals surface area contributed by atoms with E-state index in [1.165, 1.54) is 11.1 Å². The molecular weight excluding hydrogens is 719 g/mol. The van der Waals surface area contributed by atoms with E-state index in [0.29, 0.717) is 7.48 Å². The fourth-order valence-corrected chi connectivity index (χ4v) is 7.25. The van der Waals surface area contributed by atoms with Crippen molar-refractivity contribution in [3.63, 3.8) is 0 Å². The summed E-state index contributed by atoms with van der Waals surface area (Å²) in [5.74, 6) is 0. The zero-order valence-electron chi connectivity index (χ0n) is 36.4. The van der Waals surface area contributed by atoms with Crippen LogP contribution in [0.1, 0.15) is 80.4 Å². The maximum Gasteiger partial charge on any atom is 0.309 e. The van der Waals surface area contributed by atoms with E-state index in [4.69, 9.17) is 14.6 Å². The van der Waals surface area contributed by atoms with Crippen LogP contribution >= 0.6 is 0 Å². The number of hydrogen-bond donors (Lipinski definition) is 1. The molecule has 1 N–H and O–H groups in total. The van der Waals surface area contributed by atoms with E-state index in [1.807, 2.05) is 26.2 Å². The molecule has 0 spiro atoms. The molecule has 0 radical (unpaired) electrons. The first-order valence-corrected chi connectivity index (χ1v) is 20.7. The van der Waals surface area contributed by atoms with Crippen molar-refractivity contribution in [2.75, 3.05) is 0 Å². The zero-order valence-corrected chi connectivity index (χ0v) is 36.4. The first-order valence-electron chi connectivity index (χ1n) is 20.7. The molecule has 5 aromatic carbocycles. The number of hydrogen-bond acceptors (Lipinski definition) is 4. The Morgan fingerprint density at radius 3 is 1.14 bits per heavy atom. The first-order chi connectivity index (χ1) is 27.9. The Labute approximate surface area is 352 Å². The van der Waals surface area contributed by atoms with Crippen LogP contribution in [0.15, 0.2) is 152 Å². The summed E-state index contributed by atoms with van der Waals surface area (Å²) in [4.78, 5) is 9.43. The van der Waals surface area contributed by atoms with Crippen molar-refractivity contribution in [3.8, 4) is 67.0 Å². The molecule has 0 atom stereocenters. The van der Waals surface area contributed by atoms with Gasteiger partial charge in [-0.1, -0.05) is 156 Å². The van der Waals surface area contributed by atoms with Crippen molar-refractivity contribution in [2.45, 2.75) is 91.3 Å². The molecule has 59 heavy (non-hydrogen) atoms. The second-order valence-electron chi connectivity index (χ2n) is 18.9. The van der Waals surface area contributed by atoms with Crippen molar-refractivity contribution in [1.82, 2.24) is 9.97 Å². The van der Waals surface area contributed by atoms with E-state index in [1.54, 1.807) is 13.8 Å². The summed E-state index contributed by atoms with van der Waals surface area (Å²) >= 11 is 0. The van der Waals surface area contributed by atoms with Gasteiger partial charge in [0, 0.05) is 23.5 Å². The van der Waals surface area contributed by atoms with Crippen LogP contribution in [0.2, 0.25) is 0 Å². The molecule has 0 aliphatic carbocycles. The summed E-state index contributed by atoms with van der Waals surface area (Å²) < 4.78 is 6.50. The topological polar surface area (TPSA) is 55.2 Å². The summed E-state index contributed by atoms with van der Waals surface area (Å²) in [5.41, 5.74) is 15.0. The summed E-state index contributed by atoms with van der Waals surface area (Å²) in [5, 5.41) is 11.0. The van der Waals surface area contributed by atoms with Crippen molar-refractivity contribution in [2.24, 2.45) is 0 Å². The fraction of sp³-hybridized carbons (Fsp3) is 0.259. The van der Waals surface area contributed by atoms with Gasteiger partial charge in [0.05, 0.1) is 22.6 Å². The van der Waals surface area contributed by atoms with E-state index < -0.39 is 11.2 Å². The lowest BCUT2D eigenvalue weighted by molar-refractivity contribution is -0.0893. The molecule has 0 amide bonds. The highest BCUT2D eigenvalue weighted by molar-refractivity contribution is 6.47. The quantitative estimate of drug-likeness (QED) is 0.141. The van der Waals surface area contributed by atoms with Gasteiger partial charge in [0.2, 0.25) is 0 Å². The van der Waals surface area contributed by atoms with E-state index in [0.717, 1.165) is 72.5 Å². The molecule has 0 unspecified atom stereocenters. The summed E-state index contributed by atoms with van der Waals surface area (Å²) in [6.45, 7) is 20.9. The van der Waals surface area contributed by atoms with Crippen LogP contribution in [0.4, 0.5) is 0 Å². The molecule has 0 saturated heterocycles. The molecule has 2 aromatic heterocycles. The van der Waals surface area contributed by atoms with Crippen LogP contribution in [-0.4, -0.2) is 33.8 Å². The van der Waals surface area contributed by atoms with E-state index in [-0.39, 0.29) is 10.8 Å². The number of rotatable bonds is 10. The third-order valence-electron chi connectivity index (χ3n) is 11.8. The SMILES string of the molecule is CC(C)(C)c1ccnc(-c2ccc(-c3ccccc3-c3cc(BOC(C)(C)C(C)(C)O)cc(-c4ccccc4-c4ccc(-c5cc(C(C)(C)C)ccn5)cc4)c3)cc2)c1. The molecule has 298 valence electrons. The van der Waals surface area contributed by atoms with Crippen molar-refractivity contribution < 1.29 is 9.76 Å². The number of aliphatic hydroxyl groups is 1.